The molecule has 0 bridgehead atoms. The predicted octanol–water partition coefficient (Wildman–Crippen LogP) is 1.77. The number of nitrogens with zero attached hydrogens (tertiary/aromatic N) is 2. The summed E-state index contributed by atoms with van der Waals surface area (Å²) in [6.45, 7) is 6.38. The first-order valence-corrected chi connectivity index (χ1v) is 12.5. The number of alkyl carbamates (subject to hydrolysis) is 1. The van der Waals surface area contributed by atoms with Gasteiger partial charge in [0.25, 0.3) is 0 Å². The van der Waals surface area contributed by atoms with E-state index in [4.69, 9.17) is 4.74 Å². The molecule has 9 nitrogen and oxygen atoms in total. The number of hydrogen-bond acceptors (Lipinski definition) is 6. The van der Waals surface area contributed by atoms with Crippen LogP contribution < -0.4 is 5.32 Å². The molecule has 3 aliphatic rings. The maximum absolute atomic E-state index is 13.6. The van der Waals surface area contributed by atoms with E-state index in [1.165, 1.54) is 5.56 Å². The molecule has 3 fully saturated rings. The van der Waals surface area contributed by atoms with Crippen LogP contribution in [0, 0.1) is 0 Å². The van der Waals surface area contributed by atoms with E-state index >= 15 is 0 Å². The largest absolute Gasteiger partial charge is 0.444 e. The van der Waals surface area contributed by atoms with Crippen molar-refractivity contribution in [2.75, 3.05) is 13.1 Å². The second-order valence-corrected chi connectivity index (χ2v) is 11.0. The molecule has 0 spiro atoms. The fraction of sp³-hybridized carbons (Fsp3) is 0.654. The third kappa shape index (κ3) is 5.78. The highest BCUT2D eigenvalue weighted by molar-refractivity contribution is 5.92. The van der Waals surface area contributed by atoms with Crippen LogP contribution >= 0.6 is 0 Å². The van der Waals surface area contributed by atoms with Crippen molar-refractivity contribution in [1.82, 2.24) is 15.1 Å². The number of amides is 3. The van der Waals surface area contributed by atoms with Gasteiger partial charge in [0.2, 0.25) is 11.8 Å². The fourth-order valence-electron chi connectivity index (χ4n) is 5.54. The van der Waals surface area contributed by atoms with E-state index in [0.717, 1.165) is 6.42 Å². The number of benzene rings is 1. The minimum Gasteiger partial charge on any atom is -0.444 e. The van der Waals surface area contributed by atoms with Crippen molar-refractivity contribution in [3.63, 3.8) is 0 Å². The number of aliphatic hydroxyl groups excluding tert-OH is 2. The number of hydrogen-bond donors (Lipinski definition) is 3. The van der Waals surface area contributed by atoms with Gasteiger partial charge < -0.3 is 30.1 Å². The van der Waals surface area contributed by atoms with E-state index in [1.54, 1.807) is 25.7 Å². The third-order valence-electron chi connectivity index (χ3n) is 7.24. The molecule has 1 unspecified atom stereocenters. The first-order chi connectivity index (χ1) is 16.5. The summed E-state index contributed by atoms with van der Waals surface area (Å²) < 4.78 is 5.30. The Bertz CT molecular complexity index is 933. The predicted molar refractivity (Wildman–Crippen MR) is 128 cm³/mol. The van der Waals surface area contributed by atoms with Crippen LogP contribution in [-0.4, -0.2) is 86.9 Å². The van der Waals surface area contributed by atoms with E-state index in [1.807, 2.05) is 23.1 Å². The van der Waals surface area contributed by atoms with Gasteiger partial charge in [-0.3, -0.25) is 9.59 Å². The molecule has 9 heteroatoms. The van der Waals surface area contributed by atoms with Crippen molar-refractivity contribution in [3.8, 4) is 0 Å². The van der Waals surface area contributed by atoms with Gasteiger partial charge in [0.05, 0.1) is 12.2 Å². The quantitative estimate of drug-likeness (QED) is 0.598. The highest BCUT2D eigenvalue weighted by atomic mass is 16.6. The summed E-state index contributed by atoms with van der Waals surface area (Å²) >= 11 is 0. The van der Waals surface area contributed by atoms with Crippen molar-refractivity contribution >= 4 is 17.9 Å². The molecule has 3 aliphatic heterocycles. The normalized spacial score (nSPS) is 31.5. The Morgan fingerprint density at radius 3 is 2.40 bits per heavy atom. The summed E-state index contributed by atoms with van der Waals surface area (Å²) in [5.74, 6) is -0.244. The SMILES string of the molecule is CC(C)(C)OC(=O)N[C@@H]1C[C@@H](O)[C@H](O)C[C@@H]2CC[C@H](C(=O)N3CCC(c4ccccc4)C3)N2C1=O. The molecule has 1 aromatic rings. The van der Waals surface area contributed by atoms with Crippen molar-refractivity contribution in [2.24, 2.45) is 0 Å². The summed E-state index contributed by atoms with van der Waals surface area (Å²) in [5, 5.41) is 23.5. The first-order valence-electron chi connectivity index (χ1n) is 12.5. The molecule has 0 saturated carbocycles. The summed E-state index contributed by atoms with van der Waals surface area (Å²) in [6, 6.07) is 8.00. The van der Waals surface area contributed by atoms with Gasteiger partial charge in [-0.15, -0.1) is 0 Å². The lowest BCUT2D eigenvalue weighted by molar-refractivity contribution is -0.149. The summed E-state index contributed by atoms with van der Waals surface area (Å²) in [6.07, 6.45) is -1.03. The van der Waals surface area contributed by atoms with Crippen LogP contribution in [0.1, 0.15) is 64.4 Å². The Labute approximate surface area is 206 Å². The molecule has 35 heavy (non-hydrogen) atoms. The molecular weight excluding hydrogens is 450 g/mol. The van der Waals surface area contributed by atoms with Crippen LogP contribution in [0.4, 0.5) is 4.79 Å². The van der Waals surface area contributed by atoms with Gasteiger partial charge in [-0.05, 0) is 52.0 Å². The second-order valence-electron chi connectivity index (χ2n) is 11.0. The molecule has 0 aliphatic carbocycles. The smallest absolute Gasteiger partial charge is 0.408 e. The average molecular weight is 488 g/mol. The van der Waals surface area contributed by atoms with E-state index in [2.05, 4.69) is 17.4 Å². The van der Waals surface area contributed by atoms with Gasteiger partial charge in [0, 0.05) is 31.5 Å². The molecule has 192 valence electrons. The van der Waals surface area contributed by atoms with Gasteiger partial charge in [0.15, 0.2) is 0 Å². The van der Waals surface area contributed by atoms with Crippen LogP contribution in [0.2, 0.25) is 0 Å². The van der Waals surface area contributed by atoms with Crippen LogP contribution in [0.25, 0.3) is 0 Å². The van der Waals surface area contributed by atoms with E-state index < -0.39 is 41.9 Å². The molecule has 3 saturated heterocycles. The van der Waals surface area contributed by atoms with Crippen LogP contribution in [0.5, 0.6) is 0 Å². The lowest BCUT2D eigenvalue weighted by Crippen LogP contribution is -2.59. The molecule has 3 amide bonds. The van der Waals surface area contributed by atoms with Crippen LogP contribution in [-0.2, 0) is 14.3 Å². The second kappa shape index (κ2) is 10.1. The molecule has 6 atom stereocenters. The Hall–Kier alpha value is -2.65. The van der Waals surface area contributed by atoms with Gasteiger partial charge in [0.1, 0.15) is 17.7 Å². The minimum atomic E-state index is -1.17. The lowest BCUT2D eigenvalue weighted by atomic mass is 9.94. The standard InChI is InChI=1S/C26H37N3O6/c1-26(2,3)35-25(34)27-19-14-22(31)21(30)13-18-9-10-20(29(18)23(19)32)24(33)28-12-11-17(15-28)16-7-5-4-6-8-16/h4-8,17-22,30-31H,9-15H2,1-3H3,(H,27,34)/t17?,18-,19+,20+,21+,22+/m0/s1. The number of rotatable bonds is 3. The summed E-state index contributed by atoms with van der Waals surface area (Å²) in [4.78, 5) is 43.0. The summed E-state index contributed by atoms with van der Waals surface area (Å²) in [5.41, 5.74) is 0.445. The fourth-order valence-corrected chi connectivity index (χ4v) is 5.54. The average Bonchev–Trinajstić information content (AvgIpc) is 3.44. The van der Waals surface area contributed by atoms with Gasteiger partial charge in [-0.2, -0.15) is 0 Å². The number of ether oxygens (including phenoxy) is 1. The zero-order chi connectivity index (χ0) is 25.3. The lowest BCUT2D eigenvalue weighted by Gasteiger charge is -2.38. The molecule has 3 N–H and O–H groups in total. The van der Waals surface area contributed by atoms with Crippen molar-refractivity contribution < 1.29 is 29.3 Å². The van der Waals surface area contributed by atoms with Gasteiger partial charge in [-0.25, -0.2) is 4.79 Å². The zero-order valence-electron chi connectivity index (χ0n) is 20.7. The number of likely N-dealkylation sites (tertiary alicyclic amines) is 1. The first kappa shape index (κ1) is 25.4. The maximum atomic E-state index is 13.6. The Morgan fingerprint density at radius 1 is 1.03 bits per heavy atom. The highest BCUT2D eigenvalue weighted by Gasteiger charge is 2.48. The molecule has 0 radical (unpaired) electrons. The van der Waals surface area contributed by atoms with Crippen molar-refractivity contribution in [2.45, 2.75) is 94.7 Å². The van der Waals surface area contributed by atoms with Crippen LogP contribution in [0.3, 0.4) is 0 Å². The highest BCUT2D eigenvalue weighted by Crippen LogP contribution is 2.35. The number of nitrogens with one attached hydrogen (secondary N) is 1. The van der Waals surface area contributed by atoms with Crippen LogP contribution in [0.15, 0.2) is 30.3 Å². The maximum Gasteiger partial charge on any atom is 0.408 e. The van der Waals surface area contributed by atoms with Crippen molar-refractivity contribution in [3.05, 3.63) is 35.9 Å². The molecular formula is C26H37N3O6. The van der Waals surface area contributed by atoms with Gasteiger partial charge in [-0.1, -0.05) is 30.3 Å². The van der Waals surface area contributed by atoms with Gasteiger partial charge >= 0.3 is 6.09 Å². The Kier molecular flexibility index (Phi) is 7.38. The van der Waals surface area contributed by atoms with E-state index in [0.29, 0.717) is 25.9 Å². The number of fused-ring (bicyclic) bond motifs is 1. The molecule has 3 heterocycles. The molecule has 0 aromatic heterocycles. The third-order valence-corrected chi connectivity index (χ3v) is 7.24. The number of carbonyl (C=O) groups excluding carboxylic acids is 3. The topological polar surface area (TPSA) is 119 Å². The minimum absolute atomic E-state index is 0.0917. The molecule has 4 rings (SSSR count). The monoisotopic (exact) mass is 487 g/mol. The molecule has 1 aromatic carbocycles. The van der Waals surface area contributed by atoms with E-state index in [-0.39, 0.29) is 30.7 Å². The van der Waals surface area contributed by atoms with E-state index in [9.17, 15) is 24.6 Å². The zero-order valence-corrected chi connectivity index (χ0v) is 20.7. The van der Waals surface area contributed by atoms with Crippen molar-refractivity contribution in [1.29, 1.82) is 0 Å². The Balaban J connectivity index is 1.50. The summed E-state index contributed by atoms with van der Waals surface area (Å²) in [7, 11) is 0. The Morgan fingerprint density at radius 2 is 1.71 bits per heavy atom. The number of carbonyl (C=O) groups is 3. The number of aliphatic hydroxyl groups is 2.